The maximum atomic E-state index is 11.7. The number of benzene rings is 1. The van der Waals surface area contributed by atoms with Crippen LogP contribution in [0, 0.1) is 6.92 Å². The number of hydrogen-bond acceptors (Lipinski definition) is 3. The number of rotatable bonds is 7. The molecule has 0 spiro atoms. The van der Waals surface area contributed by atoms with Gasteiger partial charge in [-0.25, -0.2) is 4.79 Å². The molecule has 1 aromatic carbocycles. The lowest BCUT2D eigenvalue weighted by Crippen LogP contribution is -2.42. The number of carboxylic acid groups (broad SMARTS) is 2. The predicted octanol–water partition coefficient (Wildman–Crippen LogP) is 1.63. The quantitative estimate of drug-likeness (QED) is 0.709. The monoisotopic (exact) mass is 313 g/mol. The fraction of sp³-hybridized carbons (Fsp3) is 0.357. The molecule has 1 amide bonds. The molecule has 0 saturated carbocycles. The predicted molar refractivity (Wildman–Crippen MR) is 76.3 cm³/mol. The van der Waals surface area contributed by atoms with Gasteiger partial charge >= 0.3 is 11.9 Å². The van der Waals surface area contributed by atoms with Crippen LogP contribution in [0.3, 0.4) is 0 Å². The molecule has 1 aromatic rings. The highest BCUT2D eigenvalue weighted by Gasteiger charge is 2.22. The van der Waals surface area contributed by atoms with Gasteiger partial charge < -0.3 is 15.5 Å². The van der Waals surface area contributed by atoms with Crippen molar-refractivity contribution in [2.24, 2.45) is 0 Å². The first-order valence-electron chi connectivity index (χ1n) is 6.28. The van der Waals surface area contributed by atoms with E-state index in [2.05, 4.69) is 5.32 Å². The third-order valence-corrected chi connectivity index (χ3v) is 3.30. The van der Waals surface area contributed by atoms with Crippen LogP contribution < -0.4 is 5.32 Å². The maximum Gasteiger partial charge on any atom is 0.326 e. The van der Waals surface area contributed by atoms with E-state index in [4.69, 9.17) is 21.8 Å². The summed E-state index contributed by atoms with van der Waals surface area (Å²) >= 11 is 5.97. The Morgan fingerprint density at radius 3 is 2.48 bits per heavy atom. The highest BCUT2D eigenvalue weighted by atomic mass is 35.5. The number of nitrogens with one attached hydrogen (secondary N) is 1. The molecule has 0 saturated heterocycles. The lowest BCUT2D eigenvalue weighted by Gasteiger charge is -2.12. The average Bonchev–Trinajstić information content (AvgIpc) is 2.38. The van der Waals surface area contributed by atoms with E-state index in [0.717, 1.165) is 11.1 Å². The van der Waals surface area contributed by atoms with E-state index in [1.807, 2.05) is 19.1 Å². The van der Waals surface area contributed by atoms with Crippen molar-refractivity contribution in [1.82, 2.24) is 5.32 Å². The Balaban J connectivity index is 2.54. The summed E-state index contributed by atoms with van der Waals surface area (Å²) in [6, 6.07) is 3.99. The van der Waals surface area contributed by atoms with E-state index in [1.165, 1.54) is 0 Å². The van der Waals surface area contributed by atoms with Gasteiger partial charge in [0.25, 0.3) is 0 Å². The van der Waals surface area contributed by atoms with E-state index in [-0.39, 0.29) is 6.42 Å². The highest BCUT2D eigenvalue weighted by Crippen LogP contribution is 2.17. The SMILES string of the molecule is Cc1ccc(CCC(=O)N[C@@H](CC(=O)O)C(=O)O)cc1Cl. The van der Waals surface area contributed by atoms with Gasteiger partial charge in [0.2, 0.25) is 5.91 Å². The van der Waals surface area contributed by atoms with E-state index in [1.54, 1.807) is 6.07 Å². The van der Waals surface area contributed by atoms with Crippen LogP contribution in [-0.4, -0.2) is 34.1 Å². The summed E-state index contributed by atoms with van der Waals surface area (Å²) in [6.45, 7) is 1.86. The molecule has 7 heteroatoms. The normalized spacial score (nSPS) is 11.7. The molecule has 0 aliphatic heterocycles. The topological polar surface area (TPSA) is 104 Å². The second-order valence-electron chi connectivity index (χ2n) is 4.64. The van der Waals surface area contributed by atoms with Gasteiger partial charge in [-0.05, 0) is 30.5 Å². The van der Waals surface area contributed by atoms with E-state index in [0.29, 0.717) is 11.4 Å². The van der Waals surface area contributed by atoms with Crippen LogP contribution in [0.25, 0.3) is 0 Å². The molecule has 6 nitrogen and oxygen atoms in total. The van der Waals surface area contributed by atoms with Crippen molar-refractivity contribution < 1.29 is 24.6 Å². The van der Waals surface area contributed by atoms with Crippen LogP contribution in [0.2, 0.25) is 5.02 Å². The standard InChI is InChI=1S/C14H16ClNO5/c1-8-2-3-9(6-10(8)15)4-5-12(17)16-11(14(20)21)7-13(18)19/h2-3,6,11H,4-5,7H2,1H3,(H,16,17)(H,18,19)(H,20,21)/t11-/m0/s1. The van der Waals surface area contributed by atoms with Gasteiger partial charge in [-0.1, -0.05) is 23.7 Å². The second kappa shape index (κ2) is 7.64. The molecule has 0 aliphatic carbocycles. The number of aryl methyl sites for hydroxylation is 2. The molecule has 0 fully saturated rings. The molecule has 1 atom stereocenters. The molecule has 3 N–H and O–H groups in total. The van der Waals surface area contributed by atoms with Gasteiger partial charge in [-0.15, -0.1) is 0 Å². The van der Waals surface area contributed by atoms with Gasteiger partial charge in [0.1, 0.15) is 6.04 Å². The largest absolute Gasteiger partial charge is 0.481 e. The molecule has 0 unspecified atom stereocenters. The number of halogens is 1. The Kier molecular flexibility index (Phi) is 6.17. The minimum atomic E-state index is -1.42. The Morgan fingerprint density at radius 2 is 1.95 bits per heavy atom. The van der Waals surface area contributed by atoms with Crippen molar-refractivity contribution in [3.05, 3.63) is 34.3 Å². The Hall–Kier alpha value is -2.08. The minimum absolute atomic E-state index is 0.0583. The van der Waals surface area contributed by atoms with Crippen LogP contribution >= 0.6 is 11.6 Å². The van der Waals surface area contributed by atoms with Crippen molar-refractivity contribution in [3.8, 4) is 0 Å². The fourth-order valence-corrected chi connectivity index (χ4v) is 1.89. The zero-order valence-electron chi connectivity index (χ0n) is 11.4. The molecule has 114 valence electrons. The molecule has 0 aromatic heterocycles. The van der Waals surface area contributed by atoms with Crippen LogP contribution in [0.15, 0.2) is 18.2 Å². The van der Waals surface area contributed by atoms with Crippen LogP contribution in [0.5, 0.6) is 0 Å². The van der Waals surface area contributed by atoms with Gasteiger partial charge in [0, 0.05) is 11.4 Å². The van der Waals surface area contributed by atoms with Crippen LogP contribution in [0.4, 0.5) is 0 Å². The number of carbonyl (C=O) groups is 3. The van der Waals surface area contributed by atoms with E-state index < -0.39 is 30.3 Å². The minimum Gasteiger partial charge on any atom is -0.481 e. The number of carbonyl (C=O) groups excluding carboxylic acids is 1. The molecule has 0 radical (unpaired) electrons. The fourth-order valence-electron chi connectivity index (χ4n) is 1.69. The summed E-state index contributed by atoms with van der Waals surface area (Å²) in [5.74, 6) is -3.17. The number of carboxylic acids is 2. The Bertz CT molecular complexity index is 558. The average molecular weight is 314 g/mol. The molecule has 0 heterocycles. The molecule has 1 rings (SSSR count). The third kappa shape index (κ3) is 5.83. The summed E-state index contributed by atoms with van der Waals surface area (Å²) in [6.07, 6.45) is -0.203. The van der Waals surface area contributed by atoms with Crippen molar-refractivity contribution in [3.63, 3.8) is 0 Å². The summed E-state index contributed by atoms with van der Waals surface area (Å²) in [4.78, 5) is 33.0. The Labute approximate surface area is 126 Å². The van der Waals surface area contributed by atoms with Crippen molar-refractivity contribution in [1.29, 1.82) is 0 Å². The number of aliphatic carboxylic acids is 2. The van der Waals surface area contributed by atoms with Crippen LogP contribution in [-0.2, 0) is 20.8 Å². The number of amides is 1. The first-order valence-corrected chi connectivity index (χ1v) is 6.66. The van der Waals surface area contributed by atoms with Crippen molar-refractivity contribution in [2.45, 2.75) is 32.2 Å². The summed E-state index contributed by atoms with van der Waals surface area (Å²) in [5.41, 5.74) is 1.78. The van der Waals surface area contributed by atoms with Gasteiger partial charge in [-0.2, -0.15) is 0 Å². The zero-order chi connectivity index (χ0) is 16.0. The van der Waals surface area contributed by atoms with Crippen LogP contribution in [0.1, 0.15) is 24.0 Å². The van der Waals surface area contributed by atoms with Gasteiger partial charge in [-0.3, -0.25) is 9.59 Å². The first-order chi connectivity index (χ1) is 9.79. The maximum absolute atomic E-state index is 11.7. The molecule has 21 heavy (non-hydrogen) atoms. The smallest absolute Gasteiger partial charge is 0.326 e. The van der Waals surface area contributed by atoms with Gasteiger partial charge in [0.05, 0.1) is 6.42 Å². The van der Waals surface area contributed by atoms with E-state index in [9.17, 15) is 14.4 Å². The third-order valence-electron chi connectivity index (χ3n) is 2.89. The highest BCUT2D eigenvalue weighted by molar-refractivity contribution is 6.31. The molecule has 0 aliphatic rings. The second-order valence-corrected chi connectivity index (χ2v) is 5.05. The number of hydrogen-bond donors (Lipinski definition) is 3. The Morgan fingerprint density at radius 1 is 1.29 bits per heavy atom. The summed E-state index contributed by atoms with van der Waals surface area (Å²) in [5, 5.41) is 20.2. The lowest BCUT2D eigenvalue weighted by molar-refractivity contribution is -0.147. The summed E-state index contributed by atoms with van der Waals surface area (Å²) < 4.78 is 0. The van der Waals surface area contributed by atoms with Gasteiger partial charge in [0.15, 0.2) is 0 Å². The van der Waals surface area contributed by atoms with Crippen molar-refractivity contribution >= 4 is 29.4 Å². The van der Waals surface area contributed by atoms with E-state index >= 15 is 0 Å². The summed E-state index contributed by atoms with van der Waals surface area (Å²) in [7, 11) is 0. The van der Waals surface area contributed by atoms with Crippen molar-refractivity contribution in [2.75, 3.05) is 0 Å². The molecule has 0 bridgehead atoms. The molecular formula is C14H16ClNO5. The first kappa shape index (κ1) is 17.0. The lowest BCUT2D eigenvalue weighted by atomic mass is 10.1. The molecular weight excluding hydrogens is 298 g/mol. The zero-order valence-corrected chi connectivity index (χ0v) is 12.2.